The fraction of sp³-hybridized carbons (Fsp3) is 0.111. The van der Waals surface area contributed by atoms with E-state index in [0.717, 1.165) is 17.8 Å². The molecule has 0 saturated heterocycles. The van der Waals surface area contributed by atoms with Gasteiger partial charge >= 0.3 is 0 Å². The Morgan fingerprint density at radius 1 is 1.27 bits per heavy atom. The van der Waals surface area contributed by atoms with Crippen LogP contribution in [0, 0.1) is 11.3 Å². The number of aliphatic imine (C=N–C) groups is 1. The molecule has 0 spiro atoms. The summed E-state index contributed by atoms with van der Waals surface area (Å²) in [5, 5.41) is 8.50. The lowest BCUT2D eigenvalue weighted by atomic mass is 10.1. The van der Waals surface area contributed by atoms with Crippen LogP contribution >= 0.6 is 0 Å². The lowest BCUT2D eigenvalue weighted by Crippen LogP contribution is -1.86. The molecule has 2 rings (SSSR count). The zero-order valence-electron chi connectivity index (χ0n) is 5.91. The molecule has 1 aromatic rings. The van der Waals surface area contributed by atoms with E-state index in [1.54, 1.807) is 0 Å². The number of hydrogen-bond donors (Lipinski definition) is 0. The maximum Gasteiger partial charge on any atom is 0.0991 e. The number of benzene rings is 1. The minimum Gasteiger partial charge on any atom is -0.281 e. The summed E-state index contributed by atoms with van der Waals surface area (Å²) in [4.78, 5) is 4.06. The van der Waals surface area contributed by atoms with Crippen LogP contribution in [0.1, 0.15) is 11.1 Å². The van der Waals surface area contributed by atoms with E-state index < -0.39 is 0 Å². The van der Waals surface area contributed by atoms with E-state index in [2.05, 4.69) is 11.1 Å². The molecule has 2 nitrogen and oxygen atoms in total. The van der Waals surface area contributed by atoms with E-state index in [1.165, 1.54) is 0 Å². The first-order valence-electron chi connectivity index (χ1n) is 3.44. The summed E-state index contributed by atoms with van der Waals surface area (Å²) in [5.74, 6) is 0. The van der Waals surface area contributed by atoms with Crippen LogP contribution in [0.25, 0.3) is 0 Å². The van der Waals surface area contributed by atoms with Crippen LogP contribution in [0.4, 0.5) is 0 Å². The molecule has 0 unspecified atom stereocenters. The van der Waals surface area contributed by atoms with Crippen LogP contribution in [0.3, 0.4) is 0 Å². The monoisotopic (exact) mass is 142 g/mol. The first-order valence-corrected chi connectivity index (χ1v) is 3.44. The van der Waals surface area contributed by atoms with Crippen LogP contribution in [0.5, 0.6) is 0 Å². The molecule has 1 aliphatic rings. The van der Waals surface area contributed by atoms with Gasteiger partial charge in [0, 0.05) is 0 Å². The molecule has 1 aliphatic heterocycles. The predicted octanol–water partition coefficient (Wildman–Crippen LogP) is 1.36. The summed E-state index contributed by atoms with van der Waals surface area (Å²) in [7, 11) is 0. The van der Waals surface area contributed by atoms with Gasteiger partial charge in [-0.2, -0.15) is 5.26 Å². The molecular weight excluding hydrogens is 136 g/mol. The maximum atomic E-state index is 8.50. The average Bonchev–Trinajstić information content (AvgIpc) is 2.87. The van der Waals surface area contributed by atoms with Gasteiger partial charge in [0.1, 0.15) is 0 Å². The molecule has 11 heavy (non-hydrogen) atoms. The van der Waals surface area contributed by atoms with Crippen LogP contribution in [-0.2, 0) is 0 Å². The third kappa shape index (κ3) is 1.13. The zero-order chi connectivity index (χ0) is 7.68. The summed E-state index contributed by atoms with van der Waals surface area (Å²) in [5.41, 5.74) is 2.99. The van der Waals surface area contributed by atoms with Crippen molar-refractivity contribution in [2.45, 2.75) is 0 Å². The van der Waals surface area contributed by atoms with Crippen LogP contribution in [0.15, 0.2) is 29.3 Å². The van der Waals surface area contributed by atoms with E-state index in [4.69, 9.17) is 5.26 Å². The molecule has 0 bridgehead atoms. The SMILES string of the molecule is N#Cc1ccc(C2=NC2)cc1. The molecule has 2 heteroatoms. The van der Waals surface area contributed by atoms with E-state index in [9.17, 15) is 0 Å². The minimum absolute atomic E-state index is 0.704. The van der Waals surface area contributed by atoms with Gasteiger partial charge in [-0.1, -0.05) is 12.1 Å². The molecule has 0 saturated carbocycles. The zero-order valence-corrected chi connectivity index (χ0v) is 5.91. The Morgan fingerprint density at radius 3 is 2.36 bits per heavy atom. The first-order chi connectivity index (χ1) is 5.40. The van der Waals surface area contributed by atoms with Gasteiger partial charge in [-0.3, -0.25) is 4.99 Å². The van der Waals surface area contributed by atoms with Crippen LogP contribution in [-0.4, -0.2) is 12.3 Å². The predicted molar refractivity (Wildman–Crippen MR) is 42.6 cm³/mol. The highest BCUT2D eigenvalue weighted by molar-refractivity contribution is 6.10. The normalized spacial score (nSPS) is 13.5. The highest BCUT2D eigenvalue weighted by Crippen LogP contribution is 2.11. The summed E-state index contributed by atoms with van der Waals surface area (Å²) in [6, 6.07) is 9.57. The number of nitrogens with zero attached hydrogens (tertiary/aromatic N) is 2. The van der Waals surface area contributed by atoms with Crippen LogP contribution < -0.4 is 0 Å². The molecule has 1 aromatic carbocycles. The fourth-order valence-electron chi connectivity index (χ4n) is 0.959. The lowest BCUT2D eigenvalue weighted by molar-refractivity contribution is 1.48. The van der Waals surface area contributed by atoms with Crippen molar-refractivity contribution >= 4 is 5.71 Å². The quantitative estimate of drug-likeness (QED) is 0.583. The fourth-order valence-corrected chi connectivity index (χ4v) is 0.959. The second-order valence-electron chi connectivity index (χ2n) is 2.45. The minimum atomic E-state index is 0.704. The van der Waals surface area contributed by atoms with Gasteiger partial charge in [0.15, 0.2) is 0 Å². The van der Waals surface area contributed by atoms with Crippen molar-refractivity contribution in [2.75, 3.05) is 6.54 Å². The second kappa shape index (κ2) is 2.21. The standard InChI is InChI=1S/C9H6N2/c10-5-7-1-3-8(4-2-7)9-6-11-9/h1-4H,6H2. The highest BCUT2D eigenvalue weighted by Gasteiger charge is 2.11. The molecule has 0 aliphatic carbocycles. The Labute approximate surface area is 64.8 Å². The Hall–Kier alpha value is -1.62. The molecule has 52 valence electrons. The lowest BCUT2D eigenvalue weighted by Gasteiger charge is -1.90. The number of hydrogen-bond acceptors (Lipinski definition) is 2. The molecule has 0 N–H and O–H groups in total. The van der Waals surface area contributed by atoms with Crippen molar-refractivity contribution in [1.82, 2.24) is 0 Å². The molecule has 0 aromatic heterocycles. The van der Waals surface area contributed by atoms with Gasteiger partial charge < -0.3 is 0 Å². The second-order valence-corrected chi connectivity index (χ2v) is 2.45. The third-order valence-electron chi connectivity index (χ3n) is 1.66. The van der Waals surface area contributed by atoms with Gasteiger partial charge in [-0.05, 0) is 17.7 Å². The van der Waals surface area contributed by atoms with Crippen molar-refractivity contribution in [2.24, 2.45) is 4.99 Å². The average molecular weight is 142 g/mol. The Morgan fingerprint density at radius 2 is 1.91 bits per heavy atom. The van der Waals surface area contributed by atoms with E-state index in [1.807, 2.05) is 24.3 Å². The van der Waals surface area contributed by atoms with Gasteiger partial charge in [0.2, 0.25) is 0 Å². The Kier molecular flexibility index (Phi) is 1.23. The molecule has 1 heterocycles. The van der Waals surface area contributed by atoms with Gasteiger partial charge in [-0.15, -0.1) is 0 Å². The summed E-state index contributed by atoms with van der Waals surface area (Å²) < 4.78 is 0. The highest BCUT2D eigenvalue weighted by atomic mass is 14.9. The molecule has 0 amide bonds. The summed E-state index contributed by atoms with van der Waals surface area (Å²) in [6.45, 7) is 0.867. The molecule has 0 atom stereocenters. The summed E-state index contributed by atoms with van der Waals surface area (Å²) >= 11 is 0. The van der Waals surface area contributed by atoms with Gasteiger partial charge in [0.25, 0.3) is 0 Å². The van der Waals surface area contributed by atoms with E-state index in [-0.39, 0.29) is 0 Å². The number of rotatable bonds is 1. The number of nitriles is 1. The van der Waals surface area contributed by atoms with Crippen LogP contribution in [0.2, 0.25) is 0 Å². The third-order valence-corrected chi connectivity index (χ3v) is 1.66. The molecule has 0 radical (unpaired) electrons. The van der Waals surface area contributed by atoms with Gasteiger partial charge in [0.05, 0.1) is 23.9 Å². The van der Waals surface area contributed by atoms with Gasteiger partial charge in [-0.25, -0.2) is 0 Å². The van der Waals surface area contributed by atoms with Crippen molar-refractivity contribution in [3.05, 3.63) is 35.4 Å². The molecular formula is C9H6N2. The first kappa shape index (κ1) is 6.11. The van der Waals surface area contributed by atoms with E-state index >= 15 is 0 Å². The van der Waals surface area contributed by atoms with Crippen molar-refractivity contribution < 1.29 is 0 Å². The van der Waals surface area contributed by atoms with Crippen molar-refractivity contribution in [3.8, 4) is 6.07 Å². The van der Waals surface area contributed by atoms with Crippen molar-refractivity contribution in [1.29, 1.82) is 5.26 Å². The van der Waals surface area contributed by atoms with Crippen molar-refractivity contribution in [3.63, 3.8) is 0 Å². The maximum absolute atomic E-state index is 8.50. The Balaban J connectivity index is 2.35. The topological polar surface area (TPSA) is 36.1 Å². The smallest absolute Gasteiger partial charge is 0.0991 e. The largest absolute Gasteiger partial charge is 0.281 e. The molecule has 0 fully saturated rings. The summed E-state index contributed by atoms with van der Waals surface area (Å²) in [6.07, 6.45) is 0. The van der Waals surface area contributed by atoms with E-state index in [0.29, 0.717) is 5.56 Å². The Bertz CT molecular complexity index is 341.